The van der Waals surface area contributed by atoms with E-state index >= 15 is 0 Å². The lowest BCUT2D eigenvalue weighted by Crippen LogP contribution is -2.42. The van der Waals surface area contributed by atoms with Crippen molar-refractivity contribution in [3.63, 3.8) is 0 Å². The van der Waals surface area contributed by atoms with Gasteiger partial charge < -0.3 is 5.11 Å². The minimum absolute atomic E-state index is 0.0451. The Kier molecular flexibility index (Phi) is 3.34. The van der Waals surface area contributed by atoms with Crippen LogP contribution in [0, 0.1) is 18.8 Å². The predicted octanol–water partition coefficient (Wildman–Crippen LogP) is 1.33. The third kappa shape index (κ3) is 2.06. The molecule has 1 N–H and O–H groups in total. The molecule has 2 heterocycles. The second kappa shape index (κ2) is 4.78. The van der Waals surface area contributed by atoms with Crippen molar-refractivity contribution in [1.82, 2.24) is 9.29 Å². The van der Waals surface area contributed by atoms with Crippen molar-refractivity contribution in [2.75, 3.05) is 6.54 Å². The van der Waals surface area contributed by atoms with E-state index in [0.717, 1.165) is 30.6 Å². The normalized spacial score (nSPS) is 30.6. The number of sulfonamides is 1. The molecule has 3 rings (SSSR count). The number of aryl methyl sites for hydroxylation is 1. The maximum absolute atomic E-state index is 12.6. The fourth-order valence-electron chi connectivity index (χ4n) is 3.40. The number of aromatic nitrogens is 1. The number of rotatable bonds is 3. The van der Waals surface area contributed by atoms with Gasteiger partial charge in [0, 0.05) is 6.54 Å². The van der Waals surface area contributed by atoms with E-state index in [0.29, 0.717) is 11.6 Å². The summed E-state index contributed by atoms with van der Waals surface area (Å²) in [4.78, 5) is 15.5. The minimum atomic E-state index is -3.75. The van der Waals surface area contributed by atoms with E-state index in [4.69, 9.17) is 0 Å². The number of carboxylic acids is 1. The van der Waals surface area contributed by atoms with Crippen LogP contribution in [0.3, 0.4) is 0 Å². The van der Waals surface area contributed by atoms with E-state index in [-0.39, 0.29) is 16.0 Å². The van der Waals surface area contributed by atoms with Gasteiger partial charge in [-0.2, -0.15) is 4.31 Å². The van der Waals surface area contributed by atoms with Gasteiger partial charge in [0.15, 0.2) is 4.21 Å². The Morgan fingerprint density at radius 2 is 2.25 bits per heavy atom. The number of nitrogens with zero attached hydrogens (tertiary/aromatic N) is 2. The summed E-state index contributed by atoms with van der Waals surface area (Å²) in [7, 11) is -3.75. The second-order valence-corrected chi connectivity index (χ2v) is 8.76. The number of carbonyl (C=O) groups is 1. The van der Waals surface area contributed by atoms with Crippen molar-refractivity contribution in [3.8, 4) is 0 Å². The molecule has 1 aliphatic carbocycles. The van der Waals surface area contributed by atoms with Crippen LogP contribution in [0.25, 0.3) is 0 Å². The molecule has 0 bridgehead atoms. The molecule has 1 aromatic heterocycles. The Hall–Kier alpha value is -0.990. The summed E-state index contributed by atoms with van der Waals surface area (Å²) < 4.78 is 26.6. The van der Waals surface area contributed by atoms with Crippen LogP contribution in [-0.4, -0.2) is 41.4 Å². The first-order valence-corrected chi connectivity index (χ1v) is 8.84. The Morgan fingerprint density at radius 3 is 2.85 bits per heavy atom. The molecule has 1 aliphatic heterocycles. The molecule has 1 saturated heterocycles. The zero-order chi connectivity index (χ0) is 14.5. The van der Waals surface area contributed by atoms with Gasteiger partial charge in [-0.1, -0.05) is 6.42 Å². The highest BCUT2D eigenvalue weighted by Gasteiger charge is 2.52. The molecule has 20 heavy (non-hydrogen) atoms. The molecule has 0 amide bonds. The van der Waals surface area contributed by atoms with Crippen LogP contribution >= 0.6 is 11.3 Å². The zero-order valence-electron chi connectivity index (χ0n) is 11.0. The number of hydrogen-bond donors (Lipinski definition) is 1. The summed E-state index contributed by atoms with van der Waals surface area (Å²) in [5.74, 6) is -0.902. The van der Waals surface area contributed by atoms with Crippen LogP contribution < -0.4 is 0 Å². The summed E-state index contributed by atoms with van der Waals surface area (Å²) in [6.45, 7) is 2.05. The highest BCUT2D eigenvalue weighted by atomic mass is 32.2. The minimum Gasteiger partial charge on any atom is -0.480 e. The van der Waals surface area contributed by atoms with Crippen LogP contribution in [0.2, 0.25) is 0 Å². The predicted molar refractivity (Wildman–Crippen MR) is 73.0 cm³/mol. The molecule has 110 valence electrons. The molecule has 3 atom stereocenters. The summed E-state index contributed by atoms with van der Waals surface area (Å²) >= 11 is 1.09. The van der Waals surface area contributed by atoms with Crippen molar-refractivity contribution in [2.24, 2.45) is 11.8 Å². The van der Waals surface area contributed by atoms with Gasteiger partial charge in [0.05, 0.1) is 11.2 Å². The van der Waals surface area contributed by atoms with Gasteiger partial charge in [-0.25, -0.2) is 13.4 Å². The smallest absolute Gasteiger partial charge is 0.322 e. The molecule has 2 aliphatic rings. The molecule has 0 aromatic carbocycles. The second-order valence-electron chi connectivity index (χ2n) is 5.41. The molecule has 3 unspecified atom stereocenters. The monoisotopic (exact) mass is 316 g/mol. The average Bonchev–Trinajstić information content (AvgIpc) is 3.00. The van der Waals surface area contributed by atoms with Crippen molar-refractivity contribution >= 4 is 27.3 Å². The van der Waals surface area contributed by atoms with E-state index in [9.17, 15) is 18.3 Å². The summed E-state index contributed by atoms with van der Waals surface area (Å²) in [6.07, 6.45) is 4.03. The van der Waals surface area contributed by atoms with Crippen molar-refractivity contribution in [3.05, 3.63) is 11.2 Å². The summed E-state index contributed by atoms with van der Waals surface area (Å²) in [5, 5.41) is 10.1. The average molecular weight is 316 g/mol. The van der Waals surface area contributed by atoms with Crippen molar-refractivity contribution in [1.29, 1.82) is 0 Å². The quantitative estimate of drug-likeness (QED) is 0.909. The van der Waals surface area contributed by atoms with Gasteiger partial charge in [-0.3, -0.25) is 4.79 Å². The first-order chi connectivity index (χ1) is 9.41. The van der Waals surface area contributed by atoms with Gasteiger partial charge in [0.2, 0.25) is 0 Å². The number of hydrogen-bond acceptors (Lipinski definition) is 5. The van der Waals surface area contributed by atoms with Crippen LogP contribution in [-0.2, 0) is 14.8 Å². The highest BCUT2D eigenvalue weighted by molar-refractivity contribution is 7.91. The fourth-order valence-corrected chi connectivity index (χ4v) is 6.32. The van der Waals surface area contributed by atoms with E-state index < -0.39 is 22.0 Å². The zero-order valence-corrected chi connectivity index (χ0v) is 12.7. The highest BCUT2D eigenvalue weighted by Crippen LogP contribution is 2.44. The third-order valence-electron chi connectivity index (χ3n) is 4.26. The molecule has 2 fully saturated rings. The fraction of sp³-hybridized carbons (Fsp3) is 0.667. The molecule has 1 saturated carbocycles. The lowest BCUT2D eigenvalue weighted by Gasteiger charge is -2.22. The maximum Gasteiger partial charge on any atom is 0.322 e. The molecular formula is C12H16N2O4S2. The van der Waals surface area contributed by atoms with Gasteiger partial charge >= 0.3 is 5.97 Å². The maximum atomic E-state index is 12.6. The lowest BCUT2D eigenvalue weighted by molar-refractivity contribution is -0.142. The summed E-state index contributed by atoms with van der Waals surface area (Å²) in [6, 6.07) is -0.921. The van der Waals surface area contributed by atoms with E-state index in [1.165, 1.54) is 10.5 Å². The van der Waals surface area contributed by atoms with Gasteiger partial charge in [-0.15, -0.1) is 11.3 Å². The van der Waals surface area contributed by atoms with Gasteiger partial charge in [0.1, 0.15) is 6.04 Å². The SMILES string of the molecule is Cc1ncc(S(=O)(=O)N2CC3CCCC3C2C(=O)O)s1. The molecule has 8 heteroatoms. The molecular weight excluding hydrogens is 300 g/mol. The van der Waals surface area contributed by atoms with Crippen LogP contribution in [0.4, 0.5) is 0 Å². The number of carboxylic acid groups (broad SMARTS) is 1. The molecule has 0 radical (unpaired) electrons. The van der Waals surface area contributed by atoms with Gasteiger partial charge in [0.25, 0.3) is 10.0 Å². The Bertz CT molecular complexity index is 640. The van der Waals surface area contributed by atoms with Crippen LogP contribution in [0.1, 0.15) is 24.3 Å². The summed E-state index contributed by atoms with van der Waals surface area (Å²) in [5.41, 5.74) is 0. The van der Waals surface area contributed by atoms with Gasteiger partial charge in [-0.05, 0) is 31.6 Å². The van der Waals surface area contributed by atoms with E-state index in [2.05, 4.69) is 4.98 Å². The van der Waals surface area contributed by atoms with E-state index in [1.54, 1.807) is 6.92 Å². The van der Waals surface area contributed by atoms with E-state index in [1.807, 2.05) is 0 Å². The Balaban J connectivity index is 1.98. The standard InChI is InChI=1S/C12H16N2O4S2/c1-7-13-5-10(19-7)20(17,18)14-6-8-3-2-4-9(8)11(14)12(15)16/h5,8-9,11H,2-4,6H2,1H3,(H,15,16). The number of fused-ring (bicyclic) bond motifs is 1. The largest absolute Gasteiger partial charge is 0.480 e. The lowest BCUT2D eigenvalue weighted by atomic mass is 9.94. The van der Waals surface area contributed by atoms with Crippen molar-refractivity contribution in [2.45, 2.75) is 36.4 Å². The number of aliphatic carboxylic acids is 1. The Morgan fingerprint density at radius 1 is 1.50 bits per heavy atom. The molecule has 1 aromatic rings. The molecule has 0 spiro atoms. The van der Waals surface area contributed by atoms with Crippen LogP contribution in [0.15, 0.2) is 10.4 Å². The van der Waals surface area contributed by atoms with Crippen molar-refractivity contribution < 1.29 is 18.3 Å². The Labute approximate surface area is 121 Å². The first kappa shape index (κ1) is 14.0. The first-order valence-electron chi connectivity index (χ1n) is 6.58. The topological polar surface area (TPSA) is 87.6 Å². The van der Waals surface area contributed by atoms with Crippen LogP contribution in [0.5, 0.6) is 0 Å². The molecule has 6 nitrogen and oxygen atoms in total. The third-order valence-corrected chi connectivity index (χ3v) is 7.46. The number of thiazole rings is 1.